The molecule has 0 aliphatic rings. The van der Waals surface area contributed by atoms with Crippen LogP contribution >= 0.6 is 15.6 Å². The number of unbranched alkanes of at least 4 members (excludes halogenated alkanes) is 44. The summed E-state index contributed by atoms with van der Waals surface area (Å²) in [5.74, 6) is -0.846. The Morgan fingerprint density at radius 1 is 0.292 bits per heavy atom. The molecule has 0 radical (unpaired) electrons. The van der Waals surface area contributed by atoms with Gasteiger partial charge in [0, 0.05) is 51.6 Å². The molecule has 21 nitrogen and oxygen atoms in total. The molecule has 0 saturated heterocycles. The van der Waals surface area contributed by atoms with Crippen LogP contribution in [0.3, 0.4) is 0 Å². The van der Waals surface area contributed by atoms with Gasteiger partial charge in [-0.25, -0.2) is 13.9 Å². The minimum Gasteiger partial charge on any atom is -0.462 e. The van der Waals surface area contributed by atoms with Crippen LogP contribution in [0.5, 0.6) is 0 Å². The van der Waals surface area contributed by atoms with Gasteiger partial charge in [-0.05, 0) is 51.4 Å². The van der Waals surface area contributed by atoms with E-state index in [-0.39, 0.29) is 88.3 Å². The Morgan fingerprint density at radius 3 is 0.811 bits per heavy atom. The van der Waals surface area contributed by atoms with E-state index in [1.54, 1.807) is 0 Å². The molecule has 6 atom stereocenters. The SMILES string of the molecule is CCCCCCCCCCCCCC(=O)NC(COCC[C@@H](CCCCCCC)OC(=O)CCCCCCCCCCC)COP(=O)(O)OCCNC(=O)NCCOP(=O)(O)OC[C@@H](COCC[C@@H](CCCCCCC)OC(=O)CCCCCCCCCCC)NC(=O)CCCCCCCCCCCCC. The molecule has 0 aromatic carbocycles. The Hall–Kier alpha value is -2.71. The molecule has 23 heteroatoms. The first kappa shape index (κ1) is 103. The first-order chi connectivity index (χ1) is 51.5. The number of urea groups is 1. The van der Waals surface area contributed by atoms with Crippen LogP contribution in [-0.2, 0) is 65.4 Å². The summed E-state index contributed by atoms with van der Waals surface area (Å²) >= 11 is 0. The predicted molar refractivity (Wildman–Crippen MR) is 432 cm³/mol. The topological polar surface area (TPSA) is 282 Å². The van der Waals surface area contributed by atoms with E-state index in [2.05, 4.69) is 62.8 Å². The van der Waals surface area contributed by atoms with E-state index >= 15 is 0 Å². The lowest BCUT2D eigenvalue weighted by molar-refractivity contribution is -0.151. The van der Waals surface area contributed by atoms with Crippen molar-refractivity contribution in [3.8, 4) is 0 Å². The first-order valence-electron chi connectivity index (χ1n) is 43.9. The van der Waals surface area contributed by atoms with Gasteiger partial charge >= 0.3 is 33.6 Å². The molecule has 0 aromatic heterocycles. The predicted octanol–water partition coefficient (Wildman–Crippen LogP) is 22.1. The summed E-state index contributed by atoms with van der Waals surface area (Å²) in [7, 11) is -9.41. The molecule has 0 aromatic rings. The summed E-state index contributed by atoms with van der Waals surface area (Å²) in [5.41, 5.74) is 0. The molecule has 4 amide bonds. The van der Waals surface area contributed by atoms with Crippen molar-refractivity contribution in [3.63, 3.8) is 0 Å². The number of hydrogen-bond donors (Lipinski definition) is 6. The van der Waals surface area contributed by atoms with Crippen molar-refractivity contribution in [1.82, 2.24) is 21.3 Å². The number of rotatable bonds is 84. The number of amides is 4. The zero-order valence-corrected chi connectivity index (χ0v) is 70.6. The number of phosphoric ester groups is 2. The van der Waals surface area contributed by atoms with E-state index in [0.717, 1.165) is 154 Å². The minimum atomic E-state index is -4.70. The number of phosphoric acid groups is 2. The molecule has 0 spiro atoms. The van der Waals surface area contributed by atoms with Gasteiger partial charge in [0.25, 0.3) is 0 Å². The minimum absolute atomic E-state index is 0.0302. The van der Waals surface area contributed by atoms with Crippen molar-refractivity contribution in [2.24, 2.45) is 0 Å². The Morgan fingerprint density at radius 2 is 0.538 bits per heavy atom. The largest absolute Gasteiger partial charge is 0.472 e. The Balaban J connectivity index is 5.56. The van der Waals surface area contributed by atoms with Crippen LogP contribution in [0.25, 0.3) is 0 Å². The highest BCUT2D eigenvalue weighted by molar-refractivity contribution is 7.47. The van der Waals surface area contributed by atoms with Gasteiger partial charge in [0.05, 0.1) is 64.9 Å². The fourth-order valence-corrected chi connectivity index (χ4v) is 14.5. The lowest BCUT2D eigenvalue weighted by Crippen LogP contribution is -2.41. The third kappa shape index (κ3) is 74.1. The molecule has 0 aliphatic heterocycles. The average Bonchev–Trinajstić information content (AvgIpc) is 0.919. The standard InChI is InChI=1S/C83H164N4O17P2/c1-7-13-19-25-29-33-35-39-41-47-53-59-79(88)86-75(71-97-67-63-77(57-51-45-23-17-11-5)103-81(90)61-55-49-43-37-31-27-21-15-9-3)73-101-105(93,94)99-69-65-84-83(92)85-66-70-100-106(95,96)102-74-76(87-80(89)60-54-48-42-40-36-34-30-26-20-14-8-2)72-98-68-64-78(58-52-46-24-18-12-6)104-82(91)62-56-50-44-38-32-28-22-16-10-4/h75-78H,7-74H2,1-6H3,(H,86,88)(H,87,89)(H,93,94)(H,95,96)(H2,84,85,92)/t75-,76?,77-,78-/m1/s1. The summed E-state index contributed by atoms with van der Waals surface area (Å²) in [6, 6.07) is -2.32. The van der Waals surface area contributed by atoms with Gasteiger partial charge in [-0.15, -0.1) is 0 Å². The van der Waals surface area contributed by atoms with Gasteiger partial charge < -0.3 is 50.0 Å². The van der Waals surface area contributed by atoms with E-state index in [1.807, 2.05) is 0 Å². The molecule has 0 saturated carbocycles. The second-order valence-electron chi connectivity index (χ2n) is 30.0. The summed E-state index contributed by atoms with van der Waals surface area (Å²) in [5, 5.41) is 10.8. The smallest absolute Gasteiger partial charge is 0.462 e. The lowest BCUT2D eigenvalue weighted by atomic mass is 10.1. The average molecular weight is 1550 g/mol. The van der Waals surface area contributed by atoms with Gasteiger partial charge in [-0.2, -0.15) is 0 Å². The molecule has 106 heavy (non-hydrogen) atoms. The molecule has 0 bridgehead atoms. The van der Waals surface area contributed by atoms with Crippen molar-refractivity contribution in [2.45, 2.75) is 438 Å². The van der Waals surface area contributed by atoms with E-state index in [0.29, 0.717) is 38.5 Å². The lowest BCUT2D eigenvalue weighted by Gasteiger charge is -2.22. The van der Waals surface area contributed by atoms with Crippen LogP contribution in [0.15, 0.2) is 0 Å². The first-order valence-corrected chi connectivity index (χ1v) is 46.9. The number of ether oxygens (including phenoxy) is 4. The van der Waals surface area contributed by atoms with Crippen molar-refractivity contribution in [2.75, 3.05) is 65.9 Å². The molecule has 0 fully saturated rings. The molecule has 3 unspecified atom stereocenters. The summed E-state index contributed by atoms with van der Waals surface area (Å²) in [6.45, 7) is 11.6. The van der Waals surface area contributed by atoms with Crippen LogP contribution in [0, 0.1) is 0 Å². The highest BCUT2D eigenvalue weighted by Crippen LogP contribution is 2.44. The molecule has 0 rings (SSSR count). The van der Waals surface area contributed by atoms with Gasteiger partial charge in [0.1, 0.15) is 12.2 Å². The van der Waals surface area contributed by atoms with Gasteiger partial charge in [-0.1, -0.05) is 324 Å². The van der Waals surface area contributed by atoms with Crippen molar-refractivity contribution < 1.29 is 79.9 Å². The summed E-state index contributed by atoms with van der Waals surface area (Å²) < 4.78 is 71.7. The highest BCUT2D eigenvalue weighted by atomic mass is 31.2. The van der Waals surface area contributed by atoms with E-state index < -0.39 is 60.2 Å². The fourth-order valence-electron chi connectivity index (χ4n) is 12.9. The summed E-state index contributed by atoms with van der Waals surface area (Å²) in [6.07, 6.45) is 59.9. The van der Waals surface area contributed by atoms with Crippen LogP contribution in [0.1, 0.15) is 414 Å². The highest BCUT2D eigenvalue weighted by Gasteiger charge is 2.27. The number of hydrogen-bond acceptors (Lipinski definition) is 15. The third-order valence-corrected chi connectivity index (χ3v) is 21.5. The number of nitrogens with one attached hydrogen (secondary N) is 4. The molecule has 6 N–H and O–H groups in total. The van der Waals surface area contributed by atoms with Crippen LogP contribution in [0.2, 0.25) is 0 Å². The van der Waals surface area contributed by atoms with Crippen LogP contribution in [-0.4, -0.2) is 130 Å². The van der Waals surface area contributed by atoms with Crippen LogP contribution in [0.4, 0.5) is 4.79 Å². The Kier molecular flexibility index (Phi) is 75.6. The third-order valence-electron chi connectivity index (χ3n) is 19.5. The van der Waals surface area contributed by atoms with Gasteiger partial charge in [-0.3, -0.25) is 37.3 Å². The zero-order chi connectivity index (χ0) is 77.8. The van der Waals surface area contributed by atoms with Crippen molar-refractivity contribution >= 4 is 45.4 Å². The normalized spacial score (nSPS) is 13.9. The second kappa shape index (κ2) is 77.6. The summed E-state index contributed by atoms with van der Waals surface area (Å²) in [4.78, 5) is 86.8. The van der Waals surface area contributed by atoms with E-state index in [9.17, 15) is 42.9 Å². The Labute approximate surface area is 647 Å². The molecular weight excluding hydrogens is 1390 g/mol. The fraction of sp³-hybridized carbons (Fsp3) is 0.940. The molecular formula is C83H164N4O17P2. The van der Waals surface area contributed by atoms with Gasteiger partial charge in [0.15, 0.2) is 0 Å². The zero-order valence-electron chi connectivity index (χ0n) is 68.8. The molecule has 628 valence electrons. The van der Waals surface area contributed by atoms with Crippen LogP contribution < -0.4 is 21.3 Å². The number of esters is 2. The maximum atomic E-state index is 13.3. The molecule has 0 aliphatic carbocycles. The number of carbonyl (C=O) groups excluding carboxylic acids is 5. The van der Waals surface area contributed by atoms with E-state index in [4.69, 9.17) is 37.0 Å². The van der Waals surface area contributed by atoms with Crippen molar-refractivity contribution in [1.29, 1.82) is 0 Å². The number of carbonyl (C=O) groups is 5. The van der Waals surface area contributed by atoms with E-state index in [1.165, 1.54) is 167 Å². The quantitative estimate of drug-likeness (QED) is 0.0187. The van der Waals surface area contributed by atoms with Gasteiger partial charge in [0.2, 0.25) is 11.8 Å². The Bertz CT molecular complexity index is 1960. The second-order valence-corrected chi connectivity index (χ2v) is 32.9. The maximum Gasteiger partial charge on any atom is 0.472 e. The monoisotopic (exact) mass is 1550 g/mol. The van der Waals surface area contributed by atoms with Crippen molar-refractivity contribution in [3.05, 3.63) is 0 Å². The maximum absolute atomic E-state index is 13.3. The molecule has 0 heterocycles.